The molecule has 1 aliphatic carbocycles. The molecule has 70 valence electrons. The number of nitrogens with zero attached hydrogens (tertiary/aromatic N) is 1. The van der Waals surface area contributed by atoms with Crippen molar-refractivity contribution in [2.75, 3.05) is 0 Å². The van der Waals surface area contributed by atoms with E-state index in [1.165, 1.54) is 0 Å². The van der Waals surface area contributed by atoms with Gasteiger partial charge in [-0.1, -0.05) is 24.3 Å². The van der Waals surface area contributed by atoms with Crippen LogP contribution in [-0.4, -0.2) is 11.1 Å². The summed E-state index contributed by atoms with van der Waals surface area (Å²) in [7, 11) is 0. The first-order valence-corrected chi connectivity index (χ1v) is 4.44. The Balaban J connectivity index is 2.63. The van der Waals surface area contributed by atoms with Gasteiger partial charge in [-0.05, 0) is 24.0 Å². The number of hydrogen-bond donors (Lipinski definition) is 1. The maximum atomic E-state index is 11.1. The van der Waals surface area contributed by atoms with E-state index in [2.05, 4.69) is 0 Å². The van der Waals surface area contributed by atoms with E-state index in [0.717, 1.165) is 5.56 Å². The second-order valence-electron chi connectivity index (χ2n) is 3.48. The molecule has 1 aliphatic rings. The van der Waals surface area contributed by atoms with E-state index in [4.69, 9.17) is 10.4 Å². The quantitative estimate of drug-likeness (QED) is 0.724. The Labute approximate surface area is 81.6 Å². The van der Waals surface area contributed by atoms with Crippen LogP contribution in [0.25, 0.3) is 0 Å². The van der Waals surface area contributed by atoms with Crippen molar-refractivity contribution in [2.45, 2.75) is 18.3 Å². The predicted molar refractivity (Wildman–Crippen MR) is 49.7 cm³/mol. The molecule has 0 saturated carbocycles. The van der Waals surface area contributed by atoms with E-state index in [1.54, 1.807) is 12.1 Å². The van der Waals surface area contributed by atoms with E-state index in [-0.39, 0.29) is 0 Å². The fraction of sp³-hybridized carbons (Fsp3) is 0.273. The van der Waals surface area contributed by atoms with Crippen LogP contribution in [0.4, 0.5) is 0 Å². The number of carboxylic acids is 1. The van der Waals surface area contributed by atoms with Crippen molar-refractivity contribution in [3.63, 3.8) is 0 Å². The molecule has 14 heavy (non-hydrogen) atoms. The zero-order chi connectivity index (χ0) is 10.2. The Bertz CT molecular complexity index is 433. The second kappa shape index (κ2) is 2.85. The fourth-order valence-corrected chi connectivity index (χ4v) is 2.00. The summed E-state index contributed by atoms with van der Waals surface area (Å²) in [6.07, 6.45) is 1.06. The van der Waals surface area contributed by atoms with Crippen LogP contribution in [-0.2, 0) is 16.6 Å². The molecule has 2 rings (SSSR count). The standard InChI is InChI=1S/C11H9NO2/c12-7-11(10(13)14)6-5-8-3-1-2-4-9(8)11/h1-4H,5-6H2,(H,13,14). The molecule has 0 fully saturated rings. The van der Waals surface area contributed by atoms with Gasteiger partial charge in [-0.25, -0.2) is 0 Å². The van der Waals surface area contributed by atoms with Crippen LogP contribution in [0.5, 0.6) is 0 Å². The minimum absolute atomic E-state index is 0.387. The number of aryl methyl sites for hydroxylation is 1. The highest BCUT2D eigenvalue weighted by molar-refractivity contribution is 5.86. The zero-order valence-electron chi connectivity index (χ0n) is 7.53. The van der Waals surface area contributed by atoms with Crippen molar-refractivity contribution < 1.29 is 9.90 Å². The summed E-state index contributed by atoms with van der Waals surface area (Å²) in [5.74, 6) is -1.04. The topological polar surface area (TPSA) is 61.1 Å². The van der Waals surface area contributed by atoms with Gasteiger partial charge in [0, 0.05) is 0 Å². The highest BCUT2D eigenvalue weighted by atomic mass is 16.4. The van der Waals surface area contributed by atoms with Gasteiger partial charge in [0.15, 0.2) is 5.41 Å². The lowest BCUT2D eigenvalue weighted by atomic mass is 9.84. The van der Waals surface area contributed by atoms with Crippen LogP contribution < -0.4 is 0 Å². The Kier molecular flexibility index (Phi) is 1.78. The fourth-order valence-electron chi connectivity index (χ4n) is 2.00. The molecule has 1 N–H and O–H groups in total. The molecule has 0 bridgehead atoms. The summed E-state index contributed by atoms with van der Waals surface area (Å²) in [5, 5.41) is 18.1. The molecule has 0 aliphatic heterocycles. The molecule has 1 aromatic rings. The second-order valence-corrected chi connectivity index (χ2v) is 3.48. The molecule has 0 radical (unpaired) electrons. The predicted octanol–water partition coefficient (Wildman–Crippen LogP) is 1.48. The molecule has 3 nitrogen and oxygen atoms in total. The Morgan fingerprint density at radius 3 is 2.86 bits per heavy atom. The number of hydrogen-bond acceptors (Lipinski definition) is 2. The van der Waals surface area contributed by atoms with E-state index in [9.17, 15) is 4.79 Å². The maximum Gasteiger partial charge on any atom is 0.328 e. The third kappa shape index (κ3) is 0.942. The van der Waals surface area contributed by atoms with Gasteiger partial charge in [-0.15, -0.1) is 0 Å². The number of aliphatic carboxylic acids is 1. The highest BCUT2D eigenvalue weighted by Gasteiger charge is 2.45. The third-order valence-corrected chi connectivity index (χ3v) is 2.80. The highest BCUT2D eigenvalue weighted by Crippen LogP contribution is 2.38. The first-order valence-electron chi connectivity index (χ1n) is 4.44. The lowest BCUT2D eigenvalue weighted by Gasteiger charge is -2.15. The molecule has 1 unspecified atom stereocenters. The summed E-state index contributed by atoms with van der Waals surface area (Å²) < 4.78 is 0. The Hall–Kier alpha value is -1.82. The summed E-state index contributed by atoms with van der Waals surface area (Å²) in [6.45, 7) is 0. The van der Waals surface area contributed by atoms with Crippen molar-refractivity contribution in [3.05, 3.63) is 35.4 Å². The lowest BCUT2D eigenvalue weighted by Crippen LogP contribution is -2.31. The molecule has 0 amide bonds. The van der Waals surface area contributed by atoms with Gasteiger partial charge < -0.3 is 5.11 Å². The van der Waals surface area contributed by atoms with Crippen LogP contribution in [0, 0.1) is 11.3 Å². The molecule has 3 heteroatoms. The molecule has 1 aromatic carbocycles. The van der Waals surface area contributed by atoms with Gasteiger partial charge in [0.1, 0.15) is 0 Å². The average molecular weight is 187 g/mol. The van der Waals surface area contributed by atoms with Crippen molar-refractivity contribution in [1.29, 1.82) is 5.26 Å². The number of rotatable bonds is 1. The maximum absolute atomic E-state index is 11.1. The van der Waals surface area contributed by atoms with E-state index in [0.29, 0.717) is 18.4 Å². The van der Waals surface area contributed by atoms with Crippen LogP contribution in [0.15, 0.2) is 24.3 Å². The van der Waals surface area contributed by atoms with Crippen LogP contribution in [0.1, 0.15) is 17.5 Å². The summed E-state index contributed by atoms with van der Waals surface area (Å²) in [5.41, 5.74) is 0.336. The smallest absolute Gasteiger partial charge is 0.328 e. The number of carboxylic acid groups (broad SMARTS) is 1. The lowest BCUT2D eigenvalue weighted by molar-refractivity contribution is -0.141. The Morgan fingerprint density at radius 1 is 1.50 bits per heavy atom. The van der Waals surface area contributed by atoms with E-state index in [1.807, 2.05) is 18.2 Å². The molecular formula is C11H9NO2. The van der Waals surface area contributed by atoms with Gasteiger partial charge in [0.25, 0.3) is 0 Å². The largest absolute Gasteiger partial charge is 0.480 e. The van der Waals surface area contributed by atoms with Crippen LogP contribution in [0.3, 0.4) is 0 Å². The van der Waals surface area contributed by atoms with Gasteiger partial charge in [0.2, 0.25) is 0 Å². The van der Waals surface area contributed by atoms with Gasteiger partial charge >= 0.3 is 5.97 Å². The minimum Gasteiger partial charge on any atom is -0.480 e. The van der Waals surface area contributed by atoms with Crippen LogP contribution >= 0.6 is 0 Å². The van der Waals surface area contributed by atoms with Gasteiger partial charge in [0.05, 0.1) is 6.07 Å². The van der Waals surface area contributed by atoms with Crippen molar-refractivity contribution in [1.82, 2.24) is 0 Å². The van der Waals surface area contributed by atoms with E-state index < -0.39 is 11.4 Å². The summed E-state index contributed by atoms with van der Waals surface area (Å²) in [6, 6.07) is 9.20. The third-order valence-electron chi connectivity index (χ3n) is 2.80. The van der Waals surface area contributed by atoms with Gasteiger partial charge in [-0.2, -0.15) is 5.26 Å². The zero-order valence-corrected chi connectivity index (χ0v) is 7.53. The average Bonchev–Trinajstić information content (AvgIpc) is 2.57. The molecule has 1 atom stereocenters. The first-order chi connectivity index (χ1) is 6.70. The Morgan fingerprint density at radius 2 is 2.21 bits per heavy atom. The van der Waals surface area contributed by atoms with Crippen LogP contribution in [0.2, 0.25) is 0 Å². The van der Waals surface area contributed by atoms with Gasteiger partial charge in [-0.3, -0.25) is 4.79 Å². The normalized spacial score (nSPS) is 23.9. The number of benzene rings is 1. The molecule has 0 aromatic heterocycles. The van der Waals surface area contributed by atoms with Crippen molar-refractivity contribution in [2.24, 2.45) is 0 Å². The monoisotopic (exact) mass is 187 g/mol. The molecule has 0 saturated heterocycles. The molecule has 0 heterocycles. The van der Waals surface area contributed by atoms with Crippen molar-refractivity contribution >= 4 is 5.97 Å². The number of carbonyl (C=O) groups is 1. The number of nitriles is 1. The molecule has 0 spiro atoms. The summed E-state index contributed by atoms with van der Waals surface area (Å²) in [4.78, 5) is 11.1. The number of fused-ring (bicyclic) bond motifs is 1. The summed E-state index contributed by atoms with van der Waals surface area (Å²) >= 11 is 0. The van der Waals surface area contributed by atoms with Crippen molar-refractivity contribution in [3.8, 4) is 6.07 Å². The SMILES string of the molecule is N#CC1(C(=O)O)CCc2ccccc21. The molecular weight excluding hydrogens is 178 g/mol. The minimum atomic E-state index is -1.31. The van der Waals surface area contributed by atoms with E-state index >= 15 is 0 Å². The first kappa shape index (κ1) is 8.76.